The molecular formula is C48H78O6. The van der Waals surface area contributed by atoms with Crippen molar-refractivity contribution in [2.45, 2.75) is 187 Å². The Hall–Kier alpha value is -3.41. The second-order valence-electron chi connectivity index (χ2n) is 13.9. The molecule has 0 rings (SSSR count). The summed E-state index contributed by atoms with van der Waals surface area (Å²) in [5, 5.41) is 0. The predicted molar refractivity (Wildman–Crippen MR) is 228 cm³/mol. The molecule has 0 aliphatic carbocycles. The van der Waals surface area contributed by atoms with Crippen LogP contribution in [0.4, 0.5) is 0 Å². The number of rotatable bonds is 37. The number of esters is 3. The van der Waals surface area contributed by atoms with E-state index in [0.29, 0.717) is 19.3 Å². The number of hydrogen-bond acceptors (Lipinski definition) is 6. The Bertz CT molecular complexity index is 1090. The van der Waals surface area contributed by atoms with Gasteiger partial charge in [-0.1, -0.05) is 176 Å². The molecule has 1 atom stereocenters. The Kier molecular flexibility index (Phi) is 39.7. The second-order valence-corrected chi connectivity index (χ2v) is 13.9. The van der Waals surface area contributed by atoms with Crippen LogP contribution in [0.1, 0.15) is 181 Å². The standard InChI is InChI=1S/C48H78O6/c1-4-7-10-13-16-19-21-23-24-25-27-29-32-35-38-41-47(50)53-44-45(43-52-46(49)40-37-34-31-28-18-15-12-9-6-3)54-48(51)42-39-36-33-30-26-22-20-17-14-11-8-5-2/h7-8,10-11,13,16-17,19-21,23-24,26,30,45H,4-6,9,12,14-15,18,22,25,27-29,31-44H2,1-3H3/b10-7-,11-8-,16-13-,20-17-,21-19-,24-23-,30-26-. The van der Waals surface area contributed by atoms with Crippen molar-refractivity contribution in [3.05, 3.63) is 85.1 Å². The van der Waals surface area contributed by atoms with Crippen LogP contribution >= 0.6 is 0 Å². The van der Waals surface area contributed by atoms with Gasteiger partial charge in [-0.3, -0.25) is 14.4 Å². The molecule has 54 heavy (non-hydrogen) atoms. The minimum absolute atomic E-state index is 0.100. The molecule has 1 unspecified atom stereocenters. The van der Waals surface area contributed by atoms with Crippen molar-refractivity contribution in [1.82, 2.24) is 0 Å². The molecule has 0 saturated carbocycles. The first-order valence-electron chi connectivity index (χ1n) is 21.6. The lowest BCUT2D eigenvalue weighted by Crippen LogP contribution is -2.30. The van der Waals surface area contributed by atoms with Gasteiger partial charge in [0.25, 0.3) is 0 Å². The van der Waals surface area contributed by atoms with Crippen LogP contribution in [0.15, 0.2) is 85.1 Å². The van der Waals surface area contributed by atoms with E-state index in [2.05, 4.69) is 81.5 Å². The summed E-state index contributed by atoms with van der Waals surface area (Å²) in [6, 6.07) is 0. The van der Waals surface area contributed by atoms with Crippen molar-refractivity contribution >= 4 is 17.9 Å². The molecule has 6 heteroatoms. The molecule has 6 nitrogen and oxygen atoms in total. The number of unbranched alkanes of at least 4 members (excludes halogenated alkanes) is 15. The summed E-state index contributed by atoms with van der Waals surface area (Å²) >= 11 is 0. The fraction of sp³-hybridized carbons (Fsp3) is 0.646. The van der Waals surface area contributed by atoms with Gasteiger partial charge >= 0.3 is 17.9 Å². The quantitative estimate of drug-likeness (QED) is 0.0207. The van der Waals surface area contributed by atoms with Gasteiger partial charge in [-0.25, -0.2) is 0 Å². The van der Waals surface area contributed by atoms with E-state index < -0.39 is 6.10 Å². The van der Waals surface area contributed by atoms with Crippen molar-refractivity contribution in [3.8, 4) is 0 Å². The fourth-order valence-electron chi connectivity index (χ4n) is 5.52. The maximum atomic E-state index is 12.7. The minimum atomic E-state index is -0.802. The van der Waals surface area contributed by atoms with Crippen LogP contribution in [0, 0.1) is 0 Å². The lowest BCUT2D eigenvalue weighted by molar-refractivity contribution is -0.167. The van der Waals surface area contributed by atoms with E-state index in [1.807, 2.05) is 24.3 Å². The third kappa shape index (κ3) is 39.8. The van der Waals surface area contributed by atoms with Crippen LogP contribution in [-0.2, 0) is 28.6 Å². The Morgan fingerprint density at radius 3 is 1.39 bits per heavy atom. The molecule has 0 aromatic carbocycles. The van der Waals surface area contributed by atoms with Crippen molar-refractivity contribution in [2.75, 3.05) is 13.2 Å². The smallest absolute Gasteiger partial charge is 0.306 e. The largest absolute Gasteiger partial charge is 0.462 e. The van der Waals surface area contributed by atoms with Crippen LogP contribution in [0.25, 0.3) is 0 Å². The van der Waals surface area contributed by atoms with Gasteiger partial charge in [-0.15, -0.1) is 0 Å². The summed E-state index contributed by atoms with van der Waals surface area (Å²) in [5.41, 5.74) is 0. The molecule has 0 amide bonds. The number of ether oxygens (including phenoxy) is 3. The van der Waals surface area contributed by atoms with E-state index in [1.165, 1.54) is 38.5 Å². The highest BCUT2D eigenvalue weighted by atomic mass is 16.6. The highest BCUT2D eigenvalue weighted by Gasteiger charge is 2.19. The monoisotopic (exact) mass is 751 g/mol. The second kappa shape index (κ2) is 42.3. The Labute approximate surface area is 331 Å². The third-order valence-corrected chi connectivity index (χ3v) is 8.74. The van der Waals surface area contributed by atoms with E-state index in [4.69, 9.17) is 14.2 Å². The van der Waals surface area contributed by atoms with Crippen LogP contribution in [-0.4, -0.2) is 37.2 Å². The van der Waals surface area contributed by atoms with Gasteiger partial charge < -0.3 is 14.2 Å². The summed E-state index contributed by atoms with van der Waals surface area (Å²) in [6.45, 7) is 6.28. The fourth-order valence-corrected chi connectivity index (χ4v) is 5.52. The topological polar surface area (TPSA) is 78.9 Å². The lowest BCUT2D eigenvalue weighted by Gasteiger charge is -2.18. The van der Waals surface area contributed by atoms with Crippen LogP contribution in [0.2, 0.25) is 0 Å². The minimum Gasteiger partial charge on any atom is -0.462 e. The number of carbonyl (C=O) groups excluding carboxylic acids is 3. The average molecular weight is 751 g/mol. The summed E-state index contributed by atoms with van der Waals surface area (Å²) in [6.07, 6.45) is 52.8. The maximum absolute atomic E-state index is 12.7. The Balaban J connectivity index is 4.48. The normalized spacial score (nSPS) is 12.9. The van der Waals surface area contributed by atoms with E-state index in [1.54, 1.807) is 0 Å². The van der Waals surface area contributed by atoms with E-state index in [0.717, 1.165) is 96.3 Å². The van der Waals surface area contributed by atoms with Crippen LogP contribution in [0.3, 0.4) is 0 Å². The molecule has 306 valence electrons. The van der Waals surface area contributed by atoms with E-state index >= 15 is 0 Å². The highest BCUT2D eigenvalue weighted by molar-refractivity contribution is 5.71. The number of allylic oxidation sites excluding steroid dienone is 14. The summed E-state index contributed by atoms with van der Waals surface area (Å²) in [4.78, 5) is 37.6. The first-order chi connectivity index (χ1) is 26.5. The number of hydrogen-bond donors (Lipinski definition) is 0. The molecule has 0 fully saturated rings. The molecule has 0 bridgehead atoms. The van der Waals surface area contributed by atoms with Crippen molar-refractivity contribution < 1.29 is 28.6 Å². The van der Waals surface area contributed by atoms with Gasteiger partial charge in [0.05, 0.1) is 0 Å². The molecular weight excluding hydrogens is 673 g/mol. The molecule has 0 aromatic rings. The van der Waals surface area contributed by atoms with Crippen molar-refractivity contribution in [2.24, 2.45) is 0 Å². The molecule has 0 aliphatic heterocycles. The SMILES string of the molecule is CC\C=C/C=C\C=C/C=C\CCCCCCCC(=O)OCC(COC(=O)CCCCCCCCCCC)OC(=O)CCCC/C=C\C/C=C\C/C=C\CC. The maximum Gasteiger partial charge on any atom is 0.306 e. The van der Waals surface area contributed by atoms with Crippen LogP contribution in [0.5, 0.6) is 0 Å². The molecule has 0 radical (unpaired) electrons. The zero-order valence-electron chi connectivity index (χ0n) is 34.7. The number of carbonyl (C=O) groups is 3. The molecule has 0 aromatic heterocycles. The summed E-state index contributed by atoms with van der Waals surface area (Å²) in [7, 11) is 0. The lowest BCUT2D eigenvalue weighted by atomic mass is 10.1. The Morgan fingerprint density at radius 1 is 0.407 bits per heavy atom. The van der Waals surface area contributed by atoms with Crippen LogP contribution < -0.4 is 0 Å². The predicted octanol–water partition coefficient (Wildman–Crippen LogP) is 13.7. The van der Waals surface area contributed by atoms with Gasteiger partial charge in [0.15, 0.2) is 6.10 Å². The summed E-state index contributed by atoms with van der Waals surface area (Å²) < 4.78 is 16.6. The zero-order valence-corrected chi connectivity index (χ0v) is 34.7. The van der Waals surface area contributed by atoms with E-state index in [9.17, 15) is 14.4 Å². The molecule has 0 heterocycles. The summed E-state index contributed by atoms with van der Waals surface area (Å²) in [5.74, 6) is -0.977. The van der Waals surface area contributed by atoms with Crippen molar-refractivity contribution in [3.63, 3.8) is 0 Å². The highest BCUT2D eigenvalue weighted by Crippen LogP contribution is 2.13. The zero-order chi connectivity index (χ0) is 39.4. The van der Waals surface area contributed by atoms with Gasteiger partial charge in [-0.2, -0.15) is 0 Å². The molecule has 0 N–H and O–H groups in total. The van der Waals surface area contributed by atoms with Gasteiger partial charge in [0, 0.05) is 19.3 Å². The van der Waals surface area contributed by atoms with Gasteiger partial charge in [0.1, 0.15) is 13.2 Å². The molecule has 0 aliphatic rings. The third-order valence-electron chi connectivity index (χ3n) is 8.74. The van der Waals surface area contributed by atoms with Gasteiger partial charge in [-0.05, 0) is 70.6 Å². The van der Waals surface area contributed by atoms with Crippen molar-refractivity contribution in [1.29, 1.82) is 0 Å². The molecule has 0 spiro atoms. The van der Waals surface area contributed by atoms with Gasteiger partial charge in [0.2, 0.25) is 0 Å². The molecule has 0 saturated heterocycles. The first-order valence-corrected chi connectivity index (χ1v) is 21.6. The average Bonchev–Trinajstić information content (AvgIpc) is 3.17. The first kappa shape index (κ1) is 50.6. The Morgan fingerprint density at radius 2 is 0.815 bits per heavy atom. The van der Waals surface area contributed by atoms with E-state index in [-0.39, 0.29) is 37.5 Å².